The summed E-state index contributed by atoms with van der Waals surface area (Å²) in [6, 6.07) is 3.99. The molecule has 0 saturated heterocycles. The smallest absolute Gasteiger partial charge is 0.262 e. The number of aliphatic imine (C=N–C) groups is 1. The SMILES string of the molecule is CN=C1C=CC/C(=N\NC=[N+](C)c2cc3[nH]ncc3cc2S)C=C1. The normalized spacial score (nSPS) is 18.5. The topological polar surface area (TPSA) is 68.4 Å². The Hall–Kier alpha value is -2.67. The Balaban J connectivity index is 1.77. The van der Waals surface area contributed by atoms with Crippen LogP contribution in [-0.2, 0) is 0 Å². The van der Waals surface area contributed by atoms with Gasteiger partial charge in [-0.15, -0.1) is 12.6 Å². The lowest BCUT2D eigenvalue weighted by Gasteiger charge is -2.03. The molecule has 0 unspecified atom stereocenters. The van der Waals surface area contributed by atoms with Gasteiger partial charge < -0.3 is 0 Å². The highest BCUT2D eigenvalue weighted by Crippen LogP contribution is 2.26. The van der Waals surface area contributed by atoms with Crippen LogP contribution in [0.3, 0.4) is 0 Å². The van der Waals surface area contributed by atoms with Crippen molar-refractivity contribution in [2.45, 2.75) is 11.3 Å². The molecular weight excluding hydrogens is 320 g/mol. The molecule has 0 aliphatic heterocycles. The molecule has 2 aromatic rings. The van der Waals surface area contributed by atoms with E-state index in [0.717, 1.165) is 39.3 Å². The van der Waals surface area contributed by atoms with Crippen LogP contribution < -0.4 is 5.43 Å². The second-order valence-electron chi connectivity index (χ2n) is 5.36. The number of nitrogens with zero attached hydrogens (tertiary/aromatic N) is 4. The molecule has 6 nitrogen and oxygen atoms in total. The maximum atomic E-state index is 4.55. The average Bonchev–Trinajstić information content (AvgIpc) is 2.90. The van der Waals surface area contributed by atoms with Gasteiger partial charge in [-0.3, -0.25) is 10.1 Å². The van der Waals surface area contributed by atoms with Gasteiger partial charge in [0, 0.05) is 24.9 Å². The lowest BCUT2D eigenvalue weighted by molar-refractivity contribution is -0.404. The summed E-state index contributed by atoms with van der Waals surface area (Å²) >= 11 is 4.55. The Morgan fingerprint density at radius 1 is 1.33 bits per heavy atom. The van der Waals surface area contributed by atoms with Gasteiger partial charge in [-0.1, -0.05) is 11.2 Å². The van der Waals surface area contributed by atoms with Crippen LogP contribution >= 0.6 is 12.6 Å². The van der Waals surface area contributed by atoms with Gasteiger partial charge in [-0.25, -0.2) is 4.58 Å². The molecule has 0 atom stereocenters. The monoisotopic (exact) mass is 339 g/mol. The van der Waals surface area contributed by atoms with Gasteiger partial charge in [0.2, 0.25) is 0 Å². The largest absolute Gasteiger partial charge is 0.289 e. The lowest BCUT2D eigenvalue weighted by Crippen LogP contribution is -2.14. The fourth-order valence-corrected chi connectivity index (χ4v) is 2.72. The summed E-state index contributed by atoms with van der Waals surface area (Å²) < 4.78 is 1.93. The maximum Gasteiger partial charge on any atom is 0.262 e. The van der Waals surface area contributed by atoms with E-state index in [2.05, 4.69) is 38.3 Å². The first-order valence-corrected chi connectivity index (χ1v) is 7.98. The number of benzene rings is 1. The molecule has 122 valence electrons. The summed E-state index contributed by atoms with van der Waals surface area (Å²) in [7, 11) is 3.72. The van der Waals surface area contributed by atoms with Gasteiger partial charge in [-0.05, 0) is 24.3 Å². The highest BCUT2D eigenvalue weighted by Gasteiger charge is 2.08. The number of allylic oxidation sites excluding steroid dienone is 4. The van der Waals surface area contributed by atoms with E-state index in [1.165, 1.54) is 0 Å². The third kappa shape index (κ3) is 3.62. The molecule has 0 fully saturated rings. The van der Waals surface area contributed by atoms with Crippen molar-refractivity contribution in [1.29, 1.82) is 0 Å². The van der Waals surface area contributed by atoms with Gasteiger partial charge in [-0.2, -0.15) is 10.5 Å². The molecule has 2 N–H and O–H groups in total. The molecule has 0 amide bonds. The van der Waals surface area contributed by atoms with Crippen LogP contribution in [0.2, 0.25) is 0 Å². The fourth-order valence-electron chi connectivity index (χ4n) is 2.36. The zero-order valence-electron chi connectivity index (χ0n) is 13.6. The molecule has 7 heteroatoms. The van der Waals surface area contributed by atoms with E-state index in [-0.39, 0.29) is 0 Å². The van der Waals surface area contributed by atoms with Crippen molar-refractivity contribution in [2.75, 3.05) is 14.1 Å². The zero-order chi connectivity index (χ0) is 16.9. The summed E-state index contributed by atoms with van der Waals surface area (Å²) in [6.07, 6.45) is 12.3. The number of rotatable bonds is 3. The highest BCUT2D eigenvalue weighted by molar-refractivity contribution is 7.80. The number of hydrazone groups is 1. The number of aromatic amines is 1. The van der Waals surface area contributed by atoms with E-state index in [4.69, 9.17) is 0 Å². The van der Waals surface area contributed by atoms with Crippen LogP contribution in [0.1, 0.15) is 6.42 Å². The number of hydrogen-bond acceptors (Lipinski definition) is 4. The lowest BCUT2D eigenvalue weighted by atomic mass is 10.2. The van der Waals surface area contributed by atoms with Crippen LogP contribution in [0, 0.1) is 0 Å². The van der Waals surface area contributed by atoms with E-state index >= 15 is 0 Å². The zero-order valence-corrected chi connectivity index (χ0v) is 14.5. The number of thiol groups is 1. The quantitative estimate of drug-likeness (QED) is 0.265. The average molecular weight is 339 g/mol. The highest BCUT2D eigenvalue weighted by atomic mass is 32.1. The molecule has 1 aliphatic carbocycles. The van der Waals surface area contributed by atoms with E-state index < -0.39 is 0 Å². The van der Waals surface area contributed by atoms with Crippen molar-refractivity contribution in [3.8, 4) is 0 Å². The first kappa shape index (κ1) is 16.2. The molecule has 0 saturated carbocycles. The summed E-state index contributed by atoms with van der Waals surface area (Å²) in [5.74, 6) is 0. The predicted octanol–water partition coefficient (Wildman–Crippen LogP) is 2.69. The Morgan fingerprint density at radius 3 is 3.04 bits per heavy atom. The fraction of sp³-hybridized carbons (Fsp3) is 0.176. The Labute approximate surface area is 145 Å². The summed E-state index contributed by atoms with van der Waals surface area (Å²) in [5.41, 5.74) is 6.79. The summed E-state index contributed by atoms with van der Waals surface area (Å²) in [4.78, 5) is 5.03. The molecule has 0 radical (unpaired) electrons. The Morgan fingerprint density at radius 2 is 2.21 bits per heavy atom. The second kappa shape index (κ2) is 7.27. The van der Waals surface area contributed by atoms with Crippen molar-refractivity contribution in [3.63, 3.8) is 0 Å². The first-order valence-electron chi connectivity index (χ1n) is 7.53. The van der Waals surface area contributed by atoms with Gasteiger partial charge in [0.05, 0.1) is 35.1 Å². The van der Waals surface area contributed by atoms with Crippen LogP contribution in [0.5, 0.6) is 0 Å². The van der Waals surface area contributed by atoms with Crippen molar-refractivity contribution in [2.24, 2.45) is 10.1 Å². The maximum absolute atomic E-state index is 4.55. The molecule has 1 aromatic heterocycles. The van der Waals surface area contributed by atoms with E-state index in [1.807, 2.05) is 48.1 Å². The molecule has 1 aromatic carbocycles. The minimum absolute atomic E-state index is 0.762. The molecule has 3 rings (SSSR count). The van der Waals surface area contributed by atoms with Crippen LogP contribution in [-0.4, -0.2) is 46.6 Å². The van der Waals surface area contributed by atoms with Crippen molar-refractivity contribution in [3.05, 3.63) is 42.6 Å². The third-order valence-corrected chi connectivity index (χ3v) is 4.05. The number of fused-ring (bicyclic) bond motifs is 1. The van der Waals surface area contributed by atoms with Crippen LogP contribution in [0.25, 0.3) is 10.9 Å². The molecular formula is C17H19N6S+. The number of H-pyrrole nitrogens is 1. The predicted molar refractivity (Wildman–Crippen MR) is 102 cm³/mol. The Kier molecular flexibility index (Phi) is 4.90. The molecule has 24 heavy (non-hydrogen) atoms. The molecule has 0 bridgehead atoms. The third-order valence-electron chi connectivity index (χ3n) is 3.70. The minimum atomic E-state index is 0.762. The Bertz CT molecular complexity index is 901. The van der Waals surface area contributed by atoms with Crippen LogP contribution in [0.15, 0.2) is 57.6 Å². The number of aromatic nitrogens is 2. The number of hydrogen-bond donors (Lipinski definition) is 3. The second-order valence-corrected chi connectivity index (χ2v) is 5.84. The van der Waals surface area contributed by atoms with Gasteiger partial charge in [0.1, 0.15) is 5.69 Å². The first-order chi connectivity index (χ1) is 11.7. The number of nitrogens with one attached hydrogen (secondary N) is 2. The van der Waals surface area contributed by atoms with Crippen LogP contribution in [0.4, 0.5) is 5.69 Å². The minimum Gasteiger partial charge on any atom is -0.289 e. The van der Waals surface area contributed by atoms with Crippen molar-refractivity contribution < 1.29 is 4.58 Å². The van der Waals surface area contributed by atoms with Crippen molar-refractivity contribution in [1.82, 2.24) is 15.6 Å². The summed E-state index contributed by atoms with van der Waals surface area (Å²) in [6.45, 7) is 0. The van der Waals surface area contributed by atoms with Gasteiger partial charge in [0.25, 0.3) is 6.34 Å². The molecule has 0 spiro atoms. The van der Waals surface area contributed by atoms with Crippen molar-refractivity contribution >= 4 is 47.0 Å². The van der Waals surface area contributed by atoms with E-state index in [9.17, 15) is 0 Å². The van der Waals surface area contributed by atoms with Gasteiger partial charge >= 0.3 is 0 Å². The van der Waals surface area contributed by atoms with E-state index in [0.29, 0.717) is 0 Å². The molecule has 1 heterocycles. The standard InChI is InChI=1S/C17H18N6S/c1-18-13-4-3-5-14(7-6-13)21-20-11-23(2)16-9-15-12(8-17(16)24)10-19-22-15/h3-4,6-11H,5H2,1-2H3,(H2,18,19,21,22,24)/p+1. The summed E-state index contributed by atoms with van der Waals surface area (Å²) in [5, 5.41) is 12.4. The van der Waals surface area contributed by atoms with Gasteiger partial charge in [0.15, 0.2) is 0 Å². The molecule has 1 aliphatic rings. The van der Waals surface area contributed by atoms with E-state index in [1.54, 1.807) is 19.6 Å².